The molecule has 5 nitrogen and oxygen atoms in total. The van der Waals surface area contributed by atoms with E-state index < -0.39 is 9.84 Å². The van der Waals surface area contributed by atoms with Crippen molar-refractivity contribution in [3.8, 4) is 0 Å². The van der Waals surface area contributed by atoms with Gasteiger partial charge in [-0.2, -0.15) is 0 Å². The lowest BCUT2D eigenvalue weighted by molar-refractivity contribution is -0.133. The molecule has 2 aliphatic rings. The van der Waals surface area contributed by atoms with Gasteiger partial charge in [0, 0.05) is 32.7 Å². The van der Waals surface area contributed by atoms with E-state index in [0.29, 0.717) is 25.4 Å². The molecule has 0 spiro atoms. The zero-order valence-corrected chi connectivity index (χ0v) is 11.6. The van der Waals surface area contributed by atoms with Crippen LogP contribution in [0.2, 0.25) is 0 Å². The average molecular weight is 275 g/mol. The van der Waals surface area contributed by atoms with Crippen LogP contribution in [0, 0.1) is 5.92 Å². The third-order valence-electron chi connectivity index (χ3n) is 3.87. The van der Waals surface area contributed by atoms with Gasteiger partial charge in [0.25, 0.3) is 0 Å². The highest BCUT2D eigenvalue weighted by atomic mass is 32.2. The molecule has 0 aromatic heterocycles. The molecule has 0 bridgehead atoms. The van der Waals surface area contributed by atoms with Crippen molar-refractivity contribution in [1.82, 2.24) is 4.90 Å². The smallest absolute Gasteiger partial charge is 0.222 e. The summed E-state index contributed by atoms with van der Waals surface area (Å²) < 4.78 is 28.2. The molecule has 2 atom stereocenters. The van der Waals surface area contributed by atoms with E-state index in [4.69, 9.17) is 4.74 Å². The second-order valence-corrected chi connectivity index (χ2v) is 7.58. The molecule has 0 aromatic rings. The fourth-order valence-corrected chi connectivity index (χ4v) is 4.42. The molecule has 0 N–H and O–H groups in total. The normalized spacial score (nSPS) is 31.2. The predicted molar refractivity (Wildman–Crippen MR) is 68.0 cm³/mol. The quantitative estimate of drug-likeness (QED) is 0.750. The Kier molecular flexibility index (Phi) is 4.27. The molecule has 18 heavy (non-hydrogen) atoms. The summed E-state index contributed by atoms with van der Waals surface area (Å²) in [6.45, 7) is 1.45. The molecular formula is C12H21NO4S. The Morgan fingerprint density at radius 1 is 1.39 bits per heavy atom. The van der Waals surface area contributed by atoms with Gasteiger partial charge in [-0.15, -0.1) is 0 Å². The maximum Gasteiger partial charge on any atom is 0.222 e. The third-order valence-corrected chi connectivity index (χ3v) is 5.62. The van der Waals surface area contributed by atoms with Gasteiger partial charge in [-0.1, -0.05) is 0 Å². The van der Waals surface area contributed by atoms with Gasteiger partial charge in [0.15, 0.2) is 9.84 Å². The standard InChI is InChI=1S/C12H21NO4S/c1-13(11-4-6-18(15,16)9-11)12(14)7-10-3-2-5-17-8-10/h10-11H,2-9H2,1H3. The first kappa shape index (κ1) is 13.8. The molecule has 2 aliphatic heterocycles. The number of rotatable bonds is 3. The second-order valence-electron chi connectivity index (χ2n) is 5.35. The molecule has 0 aliphatic carbocycles. The van der Waals surface area contributed by atoms with Crippen LogP contribution in [0.15, 0.2) is 0 Å². The molecule has 104 valence electrons. The molecule has 0 aromatic carbocycles. The Bertz CT molecular complexity index is 400. The lowest BCUT2D eigenvalue weighted by Gasteiger charge is -2.27. The van der Waals surface area contributed by atoms with E-state index in [9.17, 15) is 13.2 Å². The molecule has 2 heterocycles. The number of amides is 1. The van der Waals surface area contributed by atoms with E-state index in [-0.39, 0.29) is 23.5 Å². The van der Waals surface area contributed by atoms with Crippen LogP contribution in [0.1, 0.15) is 25.7 Å². The maximum atomic E-state index is 12.1. The van der Waals surface area contributed by atoms with Crippen LogP contribution in [0.25, 0.3) is 0 Å². The predicted octanol–water partition coefficient (Wildman–Crippen LogP) is 0.449. The van der Waals surface area contributed by atoms with Crippen LogP contribution in [0.3, 0.4) is 0 Å². The zero-order valence-electron chi connectivity index (χ0n) is 10.8. The van der Waals surface area contributed by atoms with Crippen LogP contribution in [0.4, 0.5) is 0 Å². The van der Waals surface area contributed by atoms with Gasteiger partial charge in [-0.05, 0) is 25.2 Å². The minimum absolute atomic E-state index is 0.0487. The Hall–Kier alpha value is -0.620. The van der Waals surface area contributed by atoms with E-state index >= 15 is 0 Å². The lowest BCUT2D eigenvalue weighted by atomic mass is 9.97. The molecule has 1 amide bonds. The van der Waals surface area contributed by atoms with Crippen molar-refractivity contribution < 1.29 is 17.9 Å². The Morgan fingerprint density at radius 3 is 2.72 bits per heavy atom. The SMILES string of the molecule is CN(C(=O)CC1CCCOC1)C1CCS(=O)(=O)C1. The molecule has 2 saturated heterocycles. The van der Waals surface area contributed by atoms with Gasteiger partial charge in [0.1, 0.15) is 0 Å². The third kappa shape index (κ3) is 3.45. The van der Waals surface area contributed by atoms with Gasteiger partial charge in [0.2, 0.25) is 5.91 Å². The van der Waals surface area contributed by atoms with Crippen LogP contribution < -0.4 is 0 Å². The van der Waals surface area contributed by atoms with Crippen LogP contribution in [0.5, 0.6) is 0 Å². The first-order valence-electron chi connectivity index (χ1n) is 6.52. The number of hydrogen-bond donors (Lipinski definition) is 0. The number of sulfone groups is 1. The number of hydrogen-bond acceptors (Lipinski definition) is 4. The summed E-state index contributed by atoms with van der Waals surface area (Å²) in [6.07, 6.45) is 3.10. The van der Waals surface area contributed by atoms with Crippen LogP contribution in [-0.2, 0) is 19.4 Å². The number of nitrogens with zero attached hydrogens (tertiary/aromatic N) is 1. The lowest BCUT2D eigenvalue weighted by Crippen LogP contribution is -2.39. The van der Waals surface area contributed by atoms with Gasteiger partial charge in [-0.25, -0.2) is 8.42 Å². The first-order valence-corrected chi connectivity index (χ1v) is 8.34. The van der Waals surface area contributed by atoms with Crippen molar-refractivity contribution >= 4 is 15.7 Å². The highest BCUT2D eigenvalue weighted by Gasteiger charge is 2.33. The summed E-state index contributed by atoms with van der Waals surface area (Å²) in [4.78, 5) is 13.7. The van der Waals surface area contributed by atoms with Gasteiger partial charge in [0.05, 0.1) is 11.5 Å². The summed E-state index contributed by atoms with van der Waals surface area (Å²) >= 11 is 0. The second kappa shape index (κ2) is 5.57. The van der Waals surface area contributed by atoms with E-state index in [1.807, 2.05) is 0 Å². The highest BCUT2D eigenvalue weighted by Crippen LogP contribution is 2.21. The Labute approximate surface area is 108 Å². The van der Waals surface area contributed by atoms with Crippen molar-refractivity contribution in [2.24, 2.45) is 5.92 Å². The minimum atomic E-state index is -2.93. The Balaban J connectivity index is 1.85. The first-order chi connectivity index (χ1) is 8.48. The minimum Gasteiger partial charge on any atom is -0.381 e. The van der Waals surface area contributed by atoms with Crippen molar-refractivity contribution in [2.75, 3.05) is 31.8 Å². The fraction of sp³-hybridized carbons (Fsp3) is 0.917. The molecule has 6 heteroatoms. The number of carbonyl (C=O) groups excluding carboxylic acids is 1. The van der Waals surface area contributed by atoms with E-state index in [0.717, 1.165) is 19.4 Å². The molecule has 0 saturated carbocycles. The van der Waals surface area contributed by atoms with E-state index in [1.54, 1.807) is 11.9 Å². The van der Waals surface area contributed by atoms with Crippen molar-refractivity contribution in [3.05, 3.63) is 0 Å². The molecule has 2 rings (SSSR count). The van der Waals surface area contributed by atoms with E-state index in [2.05, 4.69) is 0 Å². The average Bonchev–Trinajstić information content (AvgIpc) is 2.70. The summed E-state index contributed by atoms with van der Waals surface area (Å²) in [5, 5.41) is 0. The van der Waals surface area contributed by atoms with Crippen LogP contribution in [-0.4, -0.2) is 57.0 Å². The fourth-order valence-electron chi connectivity index (χ4n) is 2.64. The van der Waals surface area contributed by atoms with Crippen LogP contribution >= 0.6 is 0 Å². The van der Waals surface area contributed by atoms with Gasteiger partial charge < -0.3 is 9.64 Å². The highest BCUT2D eigenvalue weighted by molar-refractivity contribution is 7.91. The molecule has 0 radical (unpaired) electrons. The molecule has 2 fully saturated rings. The van der Waals surface area contributed by atoms with E-state index in [1.165, 1.54) is 0 Å². The van der Waals surface area contributed by atoms with Gasteiger partial charge in [-0.3, -0.25) is 4.79 Å². The summed E-state index contributed by atoms with van der Waals surface area (Å²) in [7, 11) is -1.21. The summed E-state index contributed by atoms with van der Waals surface area (Å²) in [5.74, 6) is 0.678. The van der Waals surface area contributed by atoms with Crippen molar-refractivity contribution in [2.45, 2.75) is 31.7 Å². The zero-order chi connectivity index (χ0) is 13.2. The molecule has 2 unspecified atom stereocenters. The molecular weight excluding hydrogens is 254 g/mol. The van der Waals surface area contributed by atoms with Gasteiger partial charge >= 0.3 is 0 Å². The van der Waals surface area contributed by atoms with Crippen molar-refractivity contribution in [1.29, 1.82) is 0 Å². The monoisotopic (exact) mass is 275 g/mol. The number of ether oxygens (including phenoxy) is 1. The summed E-state index contributed by atoms with van der Waals surface area (Å²) in [6, 6.07) is -0.132. The number of carbonyl (C=O) groups is 1. The Morgan fingerprint density at radius 2 is 2.17 bits per heavy atom. The van der Waals surface area contributed by atoms with Crippen molar-refractivity contribution in [3.63, 3.8) is 0 Å². The summed E-state index contributed by atoms with van der Waals surface area (Å²) in [5.41, 5.74) is 0. The maximum absolute atomic E-state index is 12.1. The topological polar surface area (TPSA) is 63.7 Å². The largest absolute Gasteiger partial charge is 0.381 e.